The second-order valence-electron chi connectivity index (χ2n) is 6.01. The third-order valence-corrected chi connectivity index (χ3v) is 5.13. The molecule has 0 radical (unpaired) electrons. The fraction of sp³-hybridized carbons (Fsp3) is 0.333. The molecule has 4 heteroatoms. The smallest absolute Gasteiger partial charge is 0.123 e. The molecule has 2 aromatic rings. The van der Waals surface area contributed by atoms with E-state index in [4.69, 9.17) is 4.74 Å². The maximum atomic E-state index is 13.6. The van der Waals surface area contributed by atoms with E-state index in [9.17, 15) is 4.39 Å². The normalized spacial score (nSPS) is 26.7. The van der Waals surface area contributed by atoms with Gasteiger partial charge in [-0.1, -0.05) is 28.1 Å². The Kier molecular flexibility index (Phi) is 3.66. The Bertz CT molecular complexity index is 705. The molecule has 0 saturated carbocycles. The monoisotopic (exact) mass is 361 g/mol. The molecule has 114 valence electrons. The summed E-state index contributed by atoms with van der Waals surface area (Å²) in [4.78, 5) is 0. The molecule has 2 heterocycles. The summed E-state index contributed by atoms with van der Waals surface area (Å²) in [6, 6.07) is 13.2. The van der Waals surface area contributed by atoms with Crippen LogP contribution in [0, 0.1) is 11.7 Å². The minimum atomic E-state index is -0.186. The highest BCUT2D eigenvalue weighted by Crippen LogP contribution is 2.49. The lowest BCUT2D eigenvalue weighted by atomic mass is 9.77. The molecule has 0 amide bonds. The Morgan fingerprint density at radius 1 is 1.18 bits per heavy atom. The first-order valence-corrected chi connectivity index (χ1v) is 8.45. The van der Waals surface area contributed by atoms with Crippen LogP contribution in [0.3, 0.4) is 0 Å². The van der Waals surface area contributed by atoms with Crippen molar-refractivity contribution in [2.24, 2.45) is 5.92 Å². The van der Waals surface area contributed by atoms with Gasteiger partial charge >= 0.3 is 0 Å². The van der Waals surface area contributed by atoms with Crippen LogP contribution in [-0.4, -0.2) is 6.61 Å². The standard InChI is InChI=1S/C18H17BrFNO/c19-12-6-7-16-15(10-12)18-14(5-2-8-22-18)17(21-16)11-3-1-4-13(20)9-11/h1,3-4,6-7,9-10,14,17-18,21H,2,5,8H2/t14-,17-,18-/m0/s1. The number of fused-ring (bicyclic) bond motifs is 3. The zero-order valence-corrected chi connectivity index (χ0v) is 13.6. The van der Waals surface area contributed by atoms with Crippen molar-refractivity contribution in [1.82, 2.24) is 0 Å². The van der Waals surface area contributed by atoms with Crippen molar-refractivity contribution >= 4 is 21.6 Å². The Morgan fingerprint density at radius 3 is 2.95 bits per heavy atom. The van der Waals surface area contributed by atoms with Gasteiger partial charge in [0.15, 0.2) is 0 Å². The van der Waals surface area contributed by atoms with Gasteiger partial charge in [0.25, 0.3) is 0 Å². The van der Waals surface area contributed by atoms with Crippen molar-refractivity contribution in [3.05, 3.63) is 63.9 Å². The van der Waals surface area contributed by atoms with Crippen LogP contribution in [0.15, 0.2) is 46.9 Å². The fourth-order valence-corrected chi connectivity index (χ4v) is 4.05. The Balaban J connectivity index is 1.79. The quantitative estimate of drug-likeness (QED) is 0.751. The van der Waals surface area contributed by atoms with Crippen molar-refractivity contribution in [3.8, 4) is 0 Å². The summed E-state index contributed by atoms with van der Waals surface area (Å²) in [6.45, 7) is 0.795. The van der Waals surface area contributed by atoms with Crippen LogP contribution < -0.4 is 5.32 Å². The lowest BCUT2D eigenvalue weighted by Crippen LogP contribution is -2.36. The topological polar surface area (TPSA) is 21.3 Å². The summed E-state index contributed by atoms with van der Waals surface area (Å²) >= 11 is 3.54. The first kappa shape index (κ1) is 14.2. The summed E-state index contributed by atoms with van der Waals surface area (Å²) in [7, 11) is 0. The molecule has 0 spiro atoms. The zero-order chi connectivity index (χ0) is 15.1. The molecule has 1 saturated heterocycles. The first-order valence-electron chi connectivity index (χ1n) is 7.65. The van der Waals surface area contributed by atoms with Crippen LogP contribution in [0.4, 0.5) is 10.1 Å². The summed E-state index contributed by atoms with van der Waals surface area (Å²) in [5.41, 5.74) is 3.28. The number of benzene rings is 2. The Hall–Kier alpha value is -1.39. The molecular formula is C18H17BrFNO. The summed E-state index contributed by atoms with van der Waals surface area (Å²) in [5.74, 6) is 0.145. The number of hydrogen-bond acceptors (Lipinski definition) is 2. The first-order chi connectivity index (χ1) is 10.7. The van der Waals surface area contributed by atoms with E-state index in [1.165, 1.54) is 11.6 Å². The highest BCUT2D eigenvalue weighted by molar-refractivity contribution is 9.10. The third-order valence-electron chi connectivity index (χ3n) is 4.64. The lowest BCUT2D eigenvalue weighted by Gasteiger charge is -2.43. The van der Waals surface area contributed by atoms with Crippen LogP contribution >= 0.6 is 15.9 Å². The van der Waals surface area contributed by atoms with Gasteiger partial charge in [0.2, 0.25) is 0 Å². The van der Waals surface area contributed by atoms with E-state index < -0.39 is 0 Å². The zero-order valence-electron chi connectivity index (χ0n) is 12.1. The maximum Gasteiger partial charge on any atom is 0.123 e. The van der Waals surface area contributed by atoms with Crippen LogP contribution in [0.5, 0.6) is 0 Å². The van der Waals surface area contributed by atoms with Gasteiger partial charge in [0.1, 0.15) is 5.82 Å². The number of anilines is 1. The van der Waals surface area contributed by atoms with Gasteiger partial charge in [0, 0.05) is 28.2 Å². The van der Waals surface area contributed by atoms with E-state index in [0.717, 1.165) is 35.2 Å². The molecule has 0 bridgehead atoms. The summed E-state index contributed by atoms with van der Waals surface area (Å²) in [5, 5.41) is 3.60. The van der Waals surface area contributed by atoms with Crippen LogP contribution in [0.2, 0.25) is 0 Å². The molecule has 1 fully saturated rings. The molecule has 2 aliphatic heterocycles. The van der Waals surface area contributed by atoms with Gasteiger partial charge in [-0.2, -0.15) is 0 Å². The minimum Gasteiger partial charge on any atom is -0.378 e. The van der Waals surface area contributed by atoms with Crippen LogP contribution in [0.1, 0.15) is 36.1 Å². The number of rotatable bonds is 1. The Morgan fingerprint density at radius 2 is 2.09 bits per heavy atom. The molecule has 0 aromatic heterocycles. The van der Waals surface area contributed by atoms with E-state index in [0.29, 0.717) is 5.92 Å². The van der Waals surface area contributed by atoms with Gasteiger partial charge in [0.05, 0.1) is 12.1 Å². The second-order valence-corrected chi connectivity index (χ2v) is 6.92. The van der Waals surface area contributed by atoms with Gasteiger partial charge in [-0.15, -0.1) is 0 Å². The molecular weight excluding hydrogens is 345 g/mol. The van der Waals surface area contributed by atoms with Crippen molar-refractivity contribution in [2.75, 3.05) is 11.9 Å². The number of nitrogens with one attached hydrogen (secondary N) is 1. The van der Waals surface area contributed by atoms with Gasteiger partial charge < -0.3 is 10.1 Å². The van der Waals surface area contributed by atoms with Crippen molar-refractivity contribution in [3.63, 3.8) is 0 Å². The summed E-state index contributed by atoms with van der Waals surface area (Å²) < 4.78 is 20.8. The predicted molar refractivity (Wildman–Crippen MR) is 88.3 cm³/mol. The van der Waals surface area contributed by atoms with E-state index >= 15 is 0 Å². The largest absolute Gasteiger partial charge is 0.378 e. The van der Waals surface area contributed by atoms with E-state index in [1.807, 2.05) is 12.1 Å². The van der Waals surface area contributed by atoms with E-state index in [1.54, 1.807) is 12.1 Å². The fourth-order valence-electron chi connectivity index (χ4n) is 3.67. The highest BCUT2D eigenvalue weighted by atomic mass is 79.9. The Labute approximate surface area is 137 Å². The average molecular weight is 362 g/mol. The van der Waals surface area contributed by atoms with E-state index in [2.05, 4.69) is 33.4 Å². The highest BCUT2D eigenvalue weighted by Gasteiger charge is 2.39. The van der Waals surface area contributed by atoms with Crippen LogP contribution in [0.25, 0.3) is 0 Å². The molecule has 0 aliphatic carbocycles. The molecule has 0 unspecified atom stereocenters. The van der Waals surface area contributed by atoms with Crippen molar-refractivity contribution in [1.29, 1.82) is 0 Å². The number of ether oxygens (including phenoxy) is 1. The van der Waals surface area contributed by atoms with Crippen LogP contribution in [-0.2, 0) is 4.74 Å². The average Bonchev–Trinajstić information content (AvgIpc) is 2.54. The van der Waals surface area contributed by atoms with Gasteiger partial charge in [-0.3, -0.25) is 0 Å². The molecule has 3 atom stereocenters. The summed E-state index contributed by atoms with van der Waals surface area (Å²) in [6.07, 6.45) is 2.22. The van der Waals surface area contributed by atoms with Crippen molar-refractivity contribution in [2.45, 2.75) is 25.0 Å². The lowest BCUT2D eigenvalue weighted by molar-refractivity contribution is -0.0381. The molecule has 22 heavy (non-hydrogen) atoms. The number of halogens is 2. The third kappa shape index (κ3) is 2.44. The molecule has 1 N–H and O–H groups in total. The minimum absolute atomic E-state index is 0.0794. The van der Waals surface area contributed by atoms with Gasteiger partial charge in [-0.05, 0) is 48.7 Å². The van der Waals surface area contributed by atoms with Crippen molar-refractivity contribution < 1.29 is 9.13 Å². The SMILES string of the molecule is Fc1cccc([C@@H]2Nc3ccc(Br)cc3[C@H]3OCCC[C@H]32)c1. The molecule has 2 aromatic carbocycles. The predicted octanol–water partition coefficient (Wildman–Crippen LogP) is 5.22. The van der Waals surface area contributed by atoms with Gasteiger partial charge in [-0.25, -0.2) is 4.39 Å². The second kappa shape index (κ2) is 5.67. The number of hydrogen-bond donors (Lipinski definition) is 1. The van der Waals surface area contributed by atoms with E-state index in [-0.39, 0.29) is 18.0 Å². The molecule has 2 aliphatic rings. The molecule has 2 nitrogen and oxygen atoms in total. The maximum absolute atomic E-state index is 13.6. The molecule has 4 rings (SSSR count).